The molecule has 0 aliphatic carbocycles. The van der Waals surface area contributed by atoms with Gasteiger partial charge in [0, 0.05) is 13.1 Å². The molecule has 1 heterocycles. The third-order valence-corrected chi connectivity index (χ3v) is 3.31. The standard InChI is InChI=1S/C18H25NO4/c1-3-9-22-17-8-7-14(11-18(17)21-4-2)12-19-13-15(20)16-6-5-10-23-16/h5-8,10-11,15,19-20H,3-4,9,12-13H2,1-2H3. The van der Waals surface area contributed by atoms with E-state index in [-0.39, 0.29) is 0 Å². The van der Waals surface area contributed by atoms with Crippen molar-refractivity contribution in [3.05, 3.63) is 47.9 Å². The molecule has 23 heavy (non-hydrogen) atoms. The van der Waals surface area contributed by atoms with Gasteiger partial charge in [-0.25, -0.2) is 0 Å². The molecule has 1 aromatic heterocycles. The monoisotopic (exact) mass is 319 g/mol. The zero-order valence-corrected chi connectivity index (χ0v) is 13.7. The number of hydrogen-bond donors (Lipinski definition) is 2. The van der Waals surface area contributed by atoms with Crippen LogP contribution in [0.3, 0.4) is 0 Å². The van der Waals surface area contributed by atoms with Gasteiger partial charge in [0.05, 0.1) is 19.5 Å². The summed E-state index contributed by atoms with van der Waals surface area (Å²) in [4.78, 5) is 0. The first-order valence-corrected chi connectivity index (χ1v) is 8.05. The number of hydrogen-bond acceptors (Lipinski definition) is 5. The minimum absolute atomic E-state index is 0.422. The molecule has 5 nitrogen and oxygen atoms in total. The van der Waals surface area contributed by atoms with Crippen molar-refractivity contribution in [2.24, 2.45) is 0 Å². The first-order chi connectivity index (χ1) is 11.2. The summed E-state index contributed by atoms with van der Waals surface area (Å²) in [7, 11) is 0. The summed E-state index contributed by atoms with van der Waals surface area (Å²) in [5.41, 5.74) is 1.07. The van der Waals surface area contributed by atoms with Crippen LogP contribution in [0.25, 0.3) is 0 Å². The summed E-state index contributed by atoms with van der Waals surface area (Å²) in [6.07, 6.45) is 1.87. The van der Waals surface area contributed by atoms with Crippen molar-refractivity contribution >= 4 is 0 Å². The molecule has 0 aliphatic heterocycles. The number of aliphatic hydroxyl groups excluding tert-OH is 1. The maximum absolute atomic E-state index is 9.97. The molecule has 2 N–H and O–H groups in total. The number of benzene rings is 1. The van der Waals surface area contributed by atoms with Crippen LogP contribution in [0.1, 0.15) is 37.7 Å². The highest BCUT2D eigenvalue weighted by atomic mass is 16.5. The SMILES string of the molecule is CCCOc1ccc(CNCC(O)c2ccco2)cc1OCC. The molecule has 2 rings (SSSR count). The molecule has 0 aliphatic rings. The van der Waals surface area contributed by atoms with E-state index in [4.69, 9.17) is 13.9 Å². The van der Waals surface area contributed by atoms with E-state index in [1.807, 2.05) is 25.1 Å². The third-order valence-electron chi connectivity index (χ3n) is 3.31. The Bertz CT molecular complexity index is 568. The van der Waals surface area contributed by atoms with Gasteiger partial charge < -0.3 is 24.3 Å². The highest BCUT2D eigenvalue weighted by Gasteiger charge is 2.10. The molecule has 0 saturated carbocycles. The predicted molar refractivity (Wildman–Crippen MR) is 88.8 cm³/mol. The summed E-state index contributed by atoms with van der Waals surface area (Å²) in [5, 5.41) is 13.2. The normalized spacial score (nSPS) is 12.1. The molecule has 1 unspecified atom stereocenters. The Balaban J connectivity index is 1.90. The van der Waals surface area contributed by atoms with E-state index in [0.29, 0.717) is 32.1 Å². The molecule has 5 heteroatoms. The van der Waals surface area contributed by atoms with Gasteiger partial charge in [0.15, 0.2) is 11.5 Å². The van der Waals surface area contributed by atoms with Crippen molar-refractivity contribution in [3.63, 3.8) is 0 Å². The van der Waals surface area contributed by atoms with E-state index in [9.17, 15) is 5.11 Å². The second-order valence-corrected chi connectivity index (χ2v) is 5.22. The average molecular weight is 319 g/mol. The van der Waals surface area contributed by atoms with Crippen molar-refractivity contribution in [2.75, 3.05) is 19.8 Å². The minimum Gasteiger partial charge on any atom is -0.490 e. The molecule has 0 saturated heterocycles. The van der Waals surface area contributed by atoms with E-state index in [0.717, 1.165) is 23.5 Å². The highest BCUT2D eigenvalue weighted by Crippen LogP contribution is 2.28. The van der Waals surface area contributed by atoms with Crippen molar-refractivity contribution in [3.8, 4) is 11.5 Å². The van der Waals surface area contributed by atoms with Crippen molar-refractivity contribution in [1.29, 1.82) is 0 Å². The summed E-state index contributed by atoms with van der Waals surface area (Å²) < 4.78 is 16.5. The second-order valence-electron chi connectivity index (χ2n) is 5.22. The lowest BCUT2D eigenvalue weighted by molar-refractivity contribution is 0.147. The van der Waals surface area contributed by atoms with Gasteiger partial charge in [0.1, 0.15) is 11.9 Å². The molecule has 0 fully saturated rings. The Morgan fingerprint density at radius 1 is 1.17 bits per heavy atom. The number of rotatable bonds is 10. The van der Waals surface area contributed by atoms with Gasteiger partial charge in [-0.3, -0.25) is 0 Å². The zero-order valence-electron chi connectivity index (χ0n) is 13.7. The summed E-state index contributed by atoms with van der Waals surface area (Å²) in [6, 6.07) is 9.43. The lowest BCUT2D eigenvalue weighted by atomic mass is 10.2. The van der Waals surface area contributed by atoms with Crippen LogP contribution >= 0.6 is 0 Å². The molecular weight excluding hydrogens is 294 g/mol. The molecule has 1 atom stereocenters. The molecule has 126 valence electrons. The van der Waals surface area contributed by atoms with Gasteiger partial charge in [0.2, 0.25) is 0 Å². The topological polar surface area (TPSA) is 63.9 Å². The summed E-state index contributed by atoms with van der Waals surface area (Å²) >= 11 is 0. The Morgan fingerprint density at radius 2 is 2.04 bits per heavy atom. The molecular formula is C18H25NO4. The fourth-order valence-corrected chi connectivity index (χ4v) is 2.20. The lowest BCUT2D eigenvalue weighted by Gasteiger charge is -2.14. The summed E-state index contributed by atoms with van der Waals surface area (Å²) in [5.74, 6) is 2.09. The maximum Gasteiger partial charge on any atom is 0.161 e. The van der Waals surface area contributed by atoms with Gasteiger partial charge in [-0.15, -0.1) is 0 Å². The molecule has 0 amide bonds. The minimum atomic E-state index is -0.650. The first-order valence-electron chi connectivity index (χ1n) is 8.05. The predicted octanol–water partition coefficient (Wildman–Crippen LogP) is 3.29. The van der Waals surface area contributed by atoms with E-state index in [1.54, 1.807) is 18.4 Å². The summed E-state index contributed by atoms with van der Waals surface area (Å²) in [6.45, 7) is 6.35. The van der Waals surface area contributed by atoms with Crippen molar-refractivity contribution in [1.82, 2.24) is 5.32 Å². The number of furan rings is 1. The van der Waals surface area contributed by atoms with Crippen LogP contribution in [-0.4, -0.2) is 24.9 Å². The van der Waals surface area contributed by atoms with Gasteiger partial charge in [-0.05, 0) is 43.2 Å². The molecule has 0 spiro atoms. The number of ether oxygens (including phenoxy) is 2. The Morgan fingerprint density at radius 3 is 2.74 bits per heavy atom. The molecule has 1 aromatic carbocycles. The third kappa shape index (κ3) is 5.30. The fraction of sp³-hybridized carbons (Fsp3) is 0.444. The molecule has 2 aromatic rings. The van der Waals surface area contributed by atoms with Crippen LogP contribution in [0.2, 0.25) is 0 Å². The second kappa shape index (κ2) is 9.22. The van der Waals surface area contributed by atoms with E-state index >= 15 is 0 Å². The van der Waals surface area contributed by atoms with Crippen LogP contribution in [-0.2, 0) is 6.54 Å². The molecule has 0 radical (unpaired) electrons. The smallest absolute Gasteiger partial charge is 0.161 e. The van der Waals surface area contributed by atoms with Gasteiger partial charge in [0.25, 0.3) is 0 Å². The van der Waals surface area contributed by atoms with Crippen molar-refractivity contribution in [2.45, 2.75) is 32.9 Å². The maximum atomic E-state index is 9.97. The number of aliphatic hydroxyl groups is 1. The van der Waals surface area contributed by atoms with Crippen molar-refractivity contribution < 1.29 is 19.0 Å². The van der Waals surface area contributed by atoms with E-state index < -0.39 is 6.10 Å². The van der Waals surface area contributed by atoms with E-state index in [1.165, 1.54) is 0 Å². The van der Waals surface area contributed by atoms with E-state index in [2.05, 4.69) is 12.2 Å². The quantitative estimate of drug-likeness (QED) is 0.703. The van der Waals surface area contributed by atoms with Gasteiger partial charge >= 0.3 is 0 Å². The van der Waals surface area contributed by atoms with Crippen LogP contribution in [0.4, 0.5) is 0 Å². The number of nitrogens with one attached hydrogen (secondary N) is 1. The van der Waals surface area contributed by atoms with Gasteiger partial charge in [-0.1, -0.05) is 13.0 Å². The Kier molecular flexibility index (Phi) is 6.97. The first kappa shape index (κ1) is 17.4. The fourth-order valence-electron chi connectivity index (χ4n) is 2.20. The average Bonchev–Trinajstić information content (AvgIpc) is 3.09. The zero-order chi connectivity index (χ0) is 16.5. The largest absolute Gasteiger partial charge is 0.490 e. The Hall–Kier alpha value is -1.98. The van der Waals surface area contributed by atoms with Crippen LogP contribution in [0.5, 0.6) is 11.5 Å². The van der Waals surface area contributed by atoms with Crippen LogP contribution in [0.15, 0.2) is 41.0 Å². The van der Waals surface area contributed by atoms with Crippen LogP contribution < -0.4 is 14.8 Å². The highest BCUT2D eigenvalue weighted by molar-refractivity contribution is 5.43. The Labute approximate surface area is 137 Å². The van der Waals surface area contributed by atoms with Gasteiger partial charge in [-0.2, -0.15) is 0 Å². The molecule has 0 bridgehead atoms. The lowest BCUT2D eigenvalue weighted by Crippen LogP contribution is -2.20. The van der Waals surface area contributed by atoms with Crippen LogP contribution in [0, 0.1) is 0 Å².